The SMILES string of the molecule is COc1ccc(C(=O)COc2ccc3c(c2)OC(=Cc2cccc(Cl)c2Cl)C3=O)cc1. The molecule has 7 heteroatoms. The summed E-state index contributed by atoms with van der Waals surface area (Å²) >= 11 is 12.2. The number of ether oxygens (including phenoxy) is 3. The first-order valence-corrected chi connectivity index (χ1v) is 10.0. The van der Waals surface area contributed by atoms with E-state index in [1.54, 1.807) is 73.8 Å². The Kier molecular flexibility index (Phi) is 5.98. The summed E-state index contributed by atoms with van der Waals surface area (Å²) in [5.74, 6) is 1.11. The molecule has 0 saturated heterocycles. The second kappa shape index (κ2) is 8.84. The molecule has 0 aliphatic carbocycles. The lowest BCUT2D eigenvalue weighted by Crippen LogP contribution is -2.11. The molecule has 0 amide bonds. The molecule has 1 aliphatic heterocycles. The molecule has 4 rings (SSSR count). The van der Waals surface area contributed by atoms with E-state index >= 15 is 0 Å². The number of ketones is 2. The molecule has 0 spiro atoms. The van der Waals surface area contributed by atoms with Crippen molar-refractivity contribution in [3.8, 4) is 17.2 Å². The third-order valence-electron chi connectivity index (χ3n) is 4.69. The molecule has 31 heavy (non-hydrogen) atoms. The molecular weight excluding hydrogens is 439 g/mol. The maximum atomic E-state index is 12.6. The zero-order chi connectivity index (χ0) is 22.0. The van der Waals surface area contributed by atoms with E-state index in [2.05, 4.69) is 0 Å². The average molecular weight is 455 g/mol. The number of Topliss-reactive ketones (excluding diaryl/α,β-unsaturated/α-hetero) is 2. The van der Waals surface area contributed by atoms with Gasteiger partial charge in [-0.2, -0.15) is 0 Å². The lowest BCUT2D eigenvalue weighted by molar-refractivity contribution is 0.0921. The van der Waals surface area contributed by atoms with Gasteiger partial charge in [-0.05, 0) is 54.1 Å². The third kappa shape index (κ3) is 4.43. The second-order valence-corrected chi connectivity index (χ2v) is 7.47. The van der Waals surface area contributed by atoms with E-state index in [0.29, 0.717) is 44.0 Å². The molecule has 1 heterocycles. The van der Waals surface area contributed by atoms with Gasteiger partial charge in [-0.15, -0.1) is 0 Å². The van der Waals surface area contributed by atoms with Gasteiger partial charge in [-0.3, -0.25) is 9.59 Å². The van der Waals surface area contributed by atoms with Gasteiger partial charge >= 0.3 is 0 Å². The van der Waals surface area contributed by atoms with Crippen molar-refractivity contribution in [2.75, 3.05) is 13.7 Å². The summed E-state index contributed by atoms with van der Waals surface area (Å²) in [5, 5.41) is 0.723. The van der Waals surface area contributed by atoms with Crippen molar-refractivity contribution in [1.29, 1.82) is 0 Å². The zero-order valence-corrected chi connectivity index (χ0v) is 17.9. The Hall–Kier alpha value is -3.28. The standard InChI is InChI=1S/C24H16Cl2O5/c1-29-16-7-5-14(6-8-16)20(27)13-30-17-9-10-18-21(12-17)31-22(24(18)28)11-15-3-2-4-19(25)23(15)26/h2-12H,13H2,1H3. The maximum absolute atomic E-state index is 12.6. The van der Waals surface area contributed by atoms with E-state index in [1.165, 1.54) is 0 Å². The molecular formula is C24H16Cl2O5. The highest BCUT2D eigenvalue weighted by Gasteiger charge is 2.28. The number of fused-ring (bicyclic) bond motifs is 1. The first kappa shape index (κ1) is 21.0. The molecule has 0 bridgehead atoms. The highest BCUT2D eigenvalue weighted by molar-refractivity contribution is 6.43. The molecule has 0 saturated carbocycles. The lowest BCUT2D eigenvalue weighted by atomic mass is 10.1. The Bertz CT molecular complexity index is 1200. The van der Waals surface area contributed by atoms with Gasteiger partial charge in [0.2, 0.25) is 5.78 Å². The molecule has 0 atom stereocenters. The number of methoxy groups -OCH3 is 1. The van der Waals surface area contributed by atoms with Crippen LogP contribution in [0.2, 0.25) is 10.0 Å². The normalized spacial score (nSPS) is 13.6. The Balaban J connectivity index is 1.47. The molecule has 0 radical (unpaired) electrons. The molecule has 0 aromatic heterocycles. The number of carbonyl (C=O) groups is 2. The monoisotopic (exact) mass is 454 g/mol. The quantitative estimate of drug-likeness (QED) is 0.343. The topological polar surface area (TPSA) is 61.8 Å². The fourth-order valence-corrected chi connectivity index (χ4v) is 3.40. The van der Waals surface area contributed by atoms with Crippen molar-refractivity contribution in [1.82, 2.24) is 0 Å². The third-order valence-corrected chi connectivity index (χ3v) is 5.52. The van der Waals surface area contributed by atoms with Crippen LogP contribution in [0.15, 0.2) is 66.4 Å². The minimum Gasteiger partial charge on any atom is -0.497 e. The van der Waals surface area contributed by atoms with Crippen LogP contribution in [0, 0.1) is 0 Å². The number of rotatable bonds is 6. The van der Waals surface area contributed by atoms with Crippen molar-refractivity contribution in [3.05, 3.63) is 93.2 Å². The fourth-order valence-electron chi connectivity index (χ4n) is 3.04. The summed E-state index contributed by atoms with van der Waals surface area (Å²) < 4.78 is 16.4. The van der Waals surface area contributed by atoms with Crippen molar-refractivity contribution in [2.45, 2.75) is 0 Å². The van der Waals surface area contributed by atoms with Crippen LogP contribution in [-0.2, 0) is 0 Å². The minimum atomic E-state index is -0.271. The van der Waals surface area contributed by atoms with Crippen LogP contribution < -0.4 is 14.2 Å². The second-order valence-electron chi connectivity index (χ2n) is 6.68. The molecule has 0 unspecified atom stereocenters. The zero-order valence-electron chi connectivity index (χ0n) is 16.4. The van der Waals surface area contributed by atoms with Crippen LogP contribution in [0.25, 0.3) is 6.08 Å². The first-order chi connectivity index (χ1) is 15.0. The summed E-state index contributed by atoms with van der Waals surface area (Å²) in [6, 6.07) is 16.7. The van der Waals surface area contributed by atoms with E-state index < -0.39 is 0 Å². The highest BCUT2D eigenvalue weighted by Crippen LogP contribution is 2.36. The van der Waals surface area contributed by atoms with Gasteiger partial charge in [0.15, 0.2) is 18.1 Å². The van der Waals surface area contributed by atoms with Gasteiger partial charge in [0.05, 0.1) is 22.7 Å². The number of hydrogen-bond acceptors (Lipinski definition) is 5. The predicted octanol–water partition coefficient (Wildman–Crippen LogP) is 5.88. The van der Waals surface area contributed by atoms with Crippen molar-refractivity contribution >= 4 is 40.8 Å². The fraction of sp³-hybridized carbons (Fsp3) is 0.0833. The van der Waals surface area contributed by atoms with Crippen LogP contribution in [0.1, 0.15) is 26.3 Å². The number of carbonyl (C=O) groups excluding carboxylic acids is 2. The van der Waals surface area contributed by atoms with E-state index in [1.807, 2.05) is 0 Å². The molecule has 5 nitrogen and oxygen atoms in total. The average Bonchev–Trinajstić information content (AvgIpc) is 3.10. The first-order valence-electron chi connectivity index (χ1n) is 9.28. The summed E-state index contributed by atoms with van der Waals surface area (Å²) in [7, 11) is 1.56. The number of hydrogen-bond donors (Lipinski definition) is 0. The van der Waals surface area contributed by atoms with Gasteiger partial charge in [-0.25, -0.2) is 0 Å². The number of halogens is 2. The van der Waals surface area contributed by atoms with E-state index in [4.69, 9.17) is 37.4 Å². The van der Waals surface area contributed by atoms with E-state index in [0.717, 1.165) is 0 Å². The van der Waals surface area contributed by atoms with Gasteiger partial charge in [0.1, 0.15) is 17.2 Å². The Labute approximate surface area is 188 Å². The van der Waals surface area contributed by atoms with Crippen LogP contribution in [0.4, 0.5) is 0 Å². The maximum Gasteiger partial charge on any atom is 0.231 e. The highest BCUT2D eigenvalue weighted by atomic mass is 35.5. The van der Waals surface area contributed by atoms with Crippen molar-refractivity contribution in [2.24, 2.45) is 0 Å². The number of benzene rings is 3. The van der Waals surface area contributed by atoms with Gasteiger partial charge < -0.3 is 14.2 Å². The van der Waals surface area contributed by atoms with E-state index in [-0.39, 0.29) is 23.9 Å². The largest absolute Gasteiger partial charge is 0.497 e. The molecule has 3 aromatic rings. The van der Waals surface area contributed by atoms with Crippen LogP contribution in [-0.4, -0.2) is 25.3 Å². The van der Waals surface area contributed by atoms with Gasteiger partial charge in [0.25, 0.3) is 0 Å². The Morgan fingerprint density at radius 2 is 1.77 bits per heavy atom. The Morgan fingerprint density at radius 1 is 1.03 bits per heavy atom. The summed E-state index contributed by atoms with van der Waals surface area (Å²) in [4.78, 5) is 25.0. The smallest absolute Gasteiger partial charge is 0.231 e. The van der Waals surface area contributed by atoms with Gasteiger partial charge in [0, 0.05) is 11.6 Å². The van der Waals surface area contributed by atoms with E-state index in [9.17, 15) is 9.59 Å². The molecule has 0 N–H and O–H groups in total. The molecule has 0 fully saturated rings. The summed E-state index contributed by atoms with van der Waals surface area (Å²) in [5.41, 5.74) is 1.49. The predicted molar refractivity (Wildman–Crippen MR) is 119 cm³/mol. The molecule has 3 aromatic carbocycles. The van der Waals surface area contributed by atoms with Gasteiger partial charge in [-0.1, -0.05) is 35.3 Å². The van der Waals surface area contributed by atoms with Crippen LogP contribution in [0.3, 0.4) is 0 Å². The molecule has 1 aliphatic rings. The van der Waals surface area contributed by atoms with Crippen molar-refractivity contribution in [3.63, 3.8) is 0 Å². The molecule has 156 valence electrons. The lowest BCUT2D eigenvalue weighted by Gasteiger charge is -2.07. The Morgan fingerprint density at radius 3 is 2.52 bits per heavy atom. The number of allylic oxidation sites excluding steroid dienone is 1. The van der Waals surface area contributed by atoms with Crippen LogP contribution >= 0.6 is 23.2 Å². The minimum absolute atomic E-state index is 0.130. The summed E-state index contributed by atoms with van der Waals surface area (Å²) in [6.07, 6.45) is 1.55. The summed E-state index contributed by atoms with van der Waals surface area (Å²) in [6.45, 7) is -0.153. The van der Waals surface area contributed by atoms with Crippen molar-refractivity contribution < 1.29 is 23.8 Å². The van der Waals surface area contributed by atoms with Crippen LogP contribution in [0.5, 0.6) is 17.2 Å².